The van der Waals surface area contributed by atoms with Crippen LogP contribution in [0.25, 0.3) is 0 Å². The van der Waals surface area contributed by atoms with Crippen molar-refractivity contribution in [1.82, 2.24) is 9.97 Å². The second-order valence-corrected chi connectivity index (χ2v) is 4.52. The summed E-state index contributed by atoms with van der Waals surface area (Å²) in [6.07, 6.45) is 2.63. The minimum atomic E-state index is -1.12. The fraction of sp³-hybridized carbons (Fsp3) is 0.0833. The smallest absolute Gasteiger partial charge is 0.356 e. The quantitative estimate of drug-likeness (QED) is 0.899. The fourth-order valence-corrected chi connectivity index (χ4v) is 1.90. The van der Waals surface area contributed by atoms with Gasteiger partial charge in [-0.1, -0.05) is 15.9 Å². The van der Waals surface area contributed by atoms with Crippen LogP contribution in [0.3, 0.4) is 0 Å². The number of anilines is 2. The van der Waals surface area contributed by atoms with Crippen LogP contribution in [0.1, 0.15) is 10.5 Å². The average Bonchev–Trinajstić information content (AvgIpc) is 2.38. The molecule has 0 aliphatic heterocycles. The first-order valence-corrected chi connectivity index (χ1v) is 6.05. The molecule has 0 fully saturated rings. The van der Waals surface area contributed by atoms with E-state index in [4.69, 9.17) is 9.84 Å². The zero-order valence-electron chi connectivity index (χ0n) is 9.92. The molecule has 7 heteroatoms. The molecule has 0 atom stereocenters. The van der Waals surface area contributed by atoms with E-state index in [1.165, 1.54) is 12.4 Å². The molecule has 1 aromatic heterocycles. The summed E-state index contributed by atoms with van der Waals surface area (Å²) in [5.41, 5.74) is 0.593. The second kappa shape index (κ2) is 5.66. The highest BCUT2D eigenvalue weighted by Crippen LogP contribution is 2.26. The molecule has 6 nitrogen and oxygen atoms in total. The van der Waals surface area contributed by atoms with Gasteiger partial charge in [-0.25, -0.2) is 9.78 Å². The minimum Gasteiger partial charge on any atom is -0.497 e. The Morgan fingerprint density at radius 1 is 1.37 bits per heavy atom. The molecule has 0 amide bonds. The van der Waals surface area contributed by atoms with Gasteiger partial charge in [0.2, 0.25) is 0 Å². The number of nitrogens with one attached hydrogen (secondary N) is 1. The van der Waals surface area contributed by atoms with Crippen molar-refractivity contribution in [3.63, 3.8) is 0 Å². The molecule has 0 aliphatic carbocycles. The largest absolute Gasteiger partial charge is 0.497 e. The lowest BCUT2D eigenvalue weighted by Gasteiger charge is -2.08. The lowest BCUT2D eigenvalue weighted by Crippen LogP contribution is -2.04. The molecule has 0 saturated carbocycles. The number of aromatic nitrogens is 2. The van der Waals surface area contributed by atoms with E-state index in [2.05, 4.69) is 31.2 Å². The number of carbonyl (C=O) groups is 1. The van der Waals surface area contributed by atoms with Crippen LogP contribution in [0.5, 0.6) is 5.75 Å². The first kappa shape index (κ1) is 13.3. The van der Waals surface area contributed by atoms with Crippen LogP contribution < -0.4 is 10.1 Å². The molecule has 0 radical (unpaired) electrons. The van der Waals surface area contributed by atoms with E-state index in [1.807, 2.05) is 12.1 Å². The Balaban J connectivity index is 2.28. The molecule has 0 saturated heterocycles. The molecule has 0 bridgehead atoms. The third-order valence-electron chi connectivity index (χ3n) is 2.23. The van der Waals surface area contributed by atoms with Crippen LogP contribution in [0.2, 0.25) is 0 Å². The van der Waals surface area contributed by atoms with E-state index in [1.54, 1.807) is 13.2 Å². The Morgan fingerprint density at radius 2 is 2.16 bits per heavy atom. The number of nitrogens with zero attached hydrogens (tertiary/aromatic N) is 2. The Labute approximate surface area is 117 Å². The van der Waals surface area contributed by atoms with Crippen molar-refractivity contribution in [2.75, 3.05) is 12.4 Å². The molecule has 1 heterocycles. The molecule has 0 unspecified atom stereocenters. The van der Waals surface area contributed by atoms with Gasteiger partial charge in [0.25, 0.3) is 0 Å². The summed E-state index contributed by atoms with van der Waals surface area (Å²) in [6.45, 7) is 0. The molecule has 0 spiro atoms. The number of hydrogen-bond acceptors (Lipinski definition) is 5. The number of carboxylic acid groups (broad SMARTS) is 1. The summed E-state index contributed by atoms with van der Waals surface area (Å²) < 4.78 is 5.97. The van der Waals surface area contributed by atoms with Crippen molar-refractivity contribution in [1.29, 1.82) is 0 Å². The van der Waals surface area contributed by atoms with Gasteiger partial charge in [0, 0.05) is 16.2 Å². The van der Waals surface area contributed by atoms with Gasteiger partial charge in [0.1, 0.15) is 11.6 Å². The highest BCUT2D eigenvalue weighted by atomic mass is 79.9. The van der Waals surface area contributed by atoms with E-state index in [0.29, 0.717) is 17.3 Å². The van der Waals surface area contributed by atoms with E-state index in [-0.39, 0.29) is 5.69 Å². The van der Waals surface area contributed by atoms with Gasteiger partial charge in [-0.05, 0) is 12.1 Å². The summed E-state index contributed by atoms with van der Waals surface area (Å²) in [5, 5.41) is 11.8. The SMILES string of the molecule is COc1cc(Br)cc(Nc2cncc(C(=O)O)n2)c1. The fourth-order valence-electron chi connectivity index (χ4n) is 1.43. The summed E-state index contributed by atoms with van der Waals surface area (Å²) >= 11 is 3.35. The maximum absolute atomic E-state index is 10.8. The van der Waals surface area contributed by atoms with Crippen LogP contribution in [-0.2, 0) is 0 Å². The van der Waals surface area contributed by atoms with Crippen LogP contribution in [0, 0.1) is 0 Å². The van der Waals surface area contributed by atoms with E-state index in [0.717, 1.165) is 4.47 Å². The molecule has 19 heavy (non-hydrogen) atoms. The molecule has 2 aromatic rings. The lowest BCUT2D eigenvalue weighted by atomic mass is 10.3. The number of carboxylic acids is 1. The van der Waals surface area contributed by atoms with E-state index >= 15 is 0 Å². The van der Waals surface area contributed by atoms with Crippen LogP contribution in [-0.4, -0.2) is 28.2 Å². The molecule has 1 aromatic carbocycles. The first-order chi connectivity index (χ1) is 9.08. The van der Waals surface area contributed by atoms with Gasteiger partial charge in [-0.3, -0.25) is 4.98 Å². The highest BCUT2D eigenvalue weighted by Gasteiger charge is 2.07. The van der Waals surface area contributed by atoms with Crippen molar-refractivity contribution in [2.45, 2.75) is 0 Å². The molecule has 0 aliphatic rings. The summed E-state index contributed by atoms with van der Waals surface area (Å²) in [4.78, 5) is 18.5. The minimum absolute atomic E-state index is 0.119. The number of rotatable bonds is 4. The number of aromatic carboxylic acids is 1. The van der Waals surface area contributed by atoms with Gasteiger partial charge >= 0.3 is 5.97 Å². The van der Waals surface area contributed by atoms with Crippen LogP contribution >= 0.6 is 15.9 Å². The number of methoxy groups -OCH3 is 1. The Bertz CT molecular complexity index is 619. The van der Waals surface area contributed by atoms with Crippen molar-refractivity contribution < 1.29 is 14.6 Å². The first-order valence-electron chi connectivity index (χ1n) is 5.25. The zero-order chi connectivity index (χ0) is 13.8. The lowest BCUT2D eigenvalue weighted by molar-refractivity contribution is 0.0690. The zero-order valence-corrected chi connectivity index (χ0v) is 11.5. The summed E-state index contributed by atoms with van der Waals surface area (Å²) in [5.74, 6) is -0.109. The normalized spacial score (nSPS) is 10.0. The van der Waals surface area contributed by atoms with Gasteiger partial charge in [-0.15, -0.1) is 0 Å². The molecular formula is C12H10BrN3O3. The van der Waals surface area contributed by atoms with Crippen molar-refractivity contribution >= 4 is 33.4 Å². The van der Waals surface area contributed by atoms with Crippen molar-refractivity contribution in [3.05, 3.63) is 40.8 Å². The van der Waals surface area contributed by atoms with Crippen LogP contribution in [0.4, 0.5) is 11.5 Å². The third-order valence-corrected chi connectivity index (χ3v) is 2.69. The standard InChI is InChI=1S/C12H10BrN3O3/c1-19-9-3-7(13)2-8(4-9)15-11-6-14-5-10(16-11)12(17)18/h2-6H,1H3,(H,15,16)(H,17,18). The summed E-state index contributed by atoms with van der Waals surface area (Å²) in [6, 6.07) is 5.39. The average molecular weight is 324 g/mol. The Hall–Kier alpha value is -2.15. The number of hydrogen-bond donors (Lipinski definition) is 2. The molecule has 98 valence electrons. The van der Waals surface area contributed by atoms with Crippen LogP contribution in [0.15, 0.2) is 35.1 Å². The van der Waals surface area contributed by atoms with Crippen molar-refractivity contribution in [3.8, 4) is 5.75 Å². The second-order valence-electron chi connectivity index (χ2n) is 3.60. The highest BCUT2D eigenvalue weighted by molar-refractivity contribution is 9.10. The molecule has 2 N–H and O–H groups in total. The Kier molecular flexibility index (Phi) is 3.96. The van der Waals surface area contributed by atoms with E-state index < -0.39 is 5.97 Å². The molecular weight excluding hydrogens is 314 g/mol. The number of ether oxygens (including phenoxy) is 1. The van der Waals surface area contributed by atoms with Gasteiger partial charge in [-0.2, -0.15) is 0 Å². The Morgan fingerprint density at radius 3 is 2.84 bits per heavy atom. The van der Waals surface area contributed by atoms with Gasteiger partial charge in [0.05, 0.1) is 19.5 Å². The predicted octanol–water partition coefficient (Wildman–Crippen LogP) is 2.69. The van der Waals surface area contributed by atoms with Gasteiger partial charge < -0.3 is 15.2 Å². The third kappa shape index (κ3) is 3.41. The van der Waals surface area contributed by atoms with E-state index in [9.17, 15) is 4.79 Å². The topological polar surface area (TPSA) is 84.3 Å². The summed E-state index contributed by atoms with van der Waals surface area (Å²) in [7, 11) is 1.57. The predicted molar refractivity (Wildman–Crippen MR) is 73.0 cm³/mol. The maximum Gasteiger partial charge on any atom is 0.356 e. The van der Waals surface area contributed by atoms with Gasteiger partial charge in [0.15, 0.2) is 5.69 Å². The number of halogens is 1. The number of benzene rings is 1. The monoisotopic (exact) mass is 323 g/mol. The van der Waals surface area contributed by atoms with Crippen molar-refractivity contribution in [2.24, 2.45) is 0 Å². The molecule has 2 rings (SSSR count). The maximum atomic E-state index is 10.8.